The van der Waals surface area contributed by atoms with Gasteiger partial charge in [0.2, 0.25) is 0 Å². The number of aliphatic hydroxyl groups excluding tert-OH is 3. The van der Waals surface area contributed by atoms with E-state index in [0.717, 1.165) is 0 Å². The minimum atomic E-state index is -0.601. The Labute approximate surface area is 90.9 Å². The molecular formula is C9H23N3O3. The van der Waals surface area contributed by atoms with E-state index in [0.29, 0.717) is 19.8 Å². The number of nitrogens with one attached hydrogen (secondary N) is 2. The summed E-state index contributed by atoms with van der Waals surface area (Å²) in [5.41, 5.74) is 0. The molecule has 0 aliphatic carbocycles. The third-order valence-electron chi connectivity index (χ3n) is 1.96. The lowest BCUT2D eigenvalue weighted by molar-refractivity contribution is -0.000871. The van der Waals surface area contributed by atoms with Crippen LogP contribution in [0.2, 0.25) is 0 Å². The van der Waals surface area contributed by atoms with Crippen LogP contribution in [-0.4, -0.2) is 58.7 Å². The molecule has 3 atom stereocenters. The van der Waals surface area contributed by atoms with Gasteiger partial charge in [-0.2, -0.15) is 0 Å². The SMILES string of the molecule is CC(O)NCCN(CNC(C)O)C(C)O. The van der Waals surface area contributed by atoms with Crippen LogP contribution in [0, 0.1) is 0 Å². The second kappa shape index (κ2) is 7.98. The molecule has 0 aromatic rings. The quantitative estimate of drug-likeness (QED) is 0.319. The van der Waals surface area contributed by atoms with Crippen molar-refractivity contribution in [1.82, 2.24) is 15.5 Å². The van der Waals surface area contributed by atoms with Crippen LogP contribution >= 0.6 is 0 Å². The maximum Gasteiger partial charge on any atom is 0.105 e. The van der Waals surface area contributed by atoms with Crippen LogP contribution in [0.1, 0.15) is 20.8 Å². The minimum Gasteiger partial charge on any atom is -0.379 e. The monoisotopic (exact) mass is 221 g/mol. The highest BCUT2D eigenvalue weighted by Gasteiger charge is 2.10. The van der Waals surface area contributed by atoms with E-state index in [-0.39, 0.29) is 0 Å². The topological polar surface area (TPSA) is 88.0 Å². The van der Waals surface area contributed by atoms with Gasteiger partial charge in [0.05, 0.1) is 6.67 Å². The van der Waals surface area contributed by atoms with E-state index in [2.05, 4.69) is 10.6 Å². The summed E-state index contributed by atoms with van der Waals surface area (Å²) in [7, 11) is 0. The lowest BCUT2D eigenvalue weighted by Gasteiger charge is -2.26. The number of hydrogen-bond donors (Lipinski definition) is 5. The molecule has 0 radical (unpaired) electrons. The molecule has 3 unspecified atom stereocenters. The normalized spacial score (nSPS) is 17.8. The molecule has 0 heterocycles. The number of hydrogen-bond acceptors (Lipinski definition) is 6. The summed E-state index contributed by atoms with van der Waals surface area (Å²) in [5, 5.41) is 33.0. The molecule has 0 aliphatic rings. The van der Waals surface area contributed by atoms with Crippen molar-refractivity contribution in [2.75, 3.05) is 19.8 Å². The van der Waals surface area contributed by atoms with Crippen molar-refractivity contribution in [3.63, 3.8) is 0 Å². The van der Waals surface area contributed by atoms with Crippen molar-refractivity contribution in [3.8, 4) is 0 Å². The molecule has 0 saturated heterocycles. The zero-order valence-corrected chi connectivity index (χ0v) is 9.64. The second-order valence-corrected chi connectivity index (χ2v) is 3.61. The van der Waals surface area contributed by atoms with Gasteiger partial charge in [-0.3, -0.25) is 15.5 Å². The Balaban J connectivity index is 3.73. The third kappa shape index (κ3) is 8.73. The standard InChI is InChI=1S/C9H23N3O3/c1-7(13)10-4-5-12(9(3)15)6-11-8(2)14/h7-11,13-15H,4-6H2,1-3H3. The highest BCUT2D eigenvalue weighted by molar-refractivity contribution is 4.60. The smallest absolute Gasteiger partial charge is 0.105 e. The first kappa shape index (κ1) is 14.8. The highest BCUT2D eigenvalue weighted by atomic mass is 16.3. The fourth-order valence-corrected chi connectivity index (χ4v) is 1.06. The minimum absolute atomic E-state index is 0.400. The lowest BCUT2D eigenvalue weighted by Crippen LogP contribution is -2.46. The van der Waals surface area contributed by atoms with Crippen LogP contribution < -0.4 is 10.6 Å². The Hall–Kier alpha value is -0.240. The molecule has 0 aromatic carbocycles. The molecule has 0 aliphatic heterocycles. The summed E-state index contributed by atoms with van der Waals surface area (Å²) >= 11 is 0. The predicted molar refractivity (Wildman–Crippen MR) is 57.8 cm³/mol. The van der Waals surface area contributed by atoms with E-state index in [1.807, 2.05) is 0 Å². The van der Waals surface area contributed by atoms with Gasteiger partial charge in [0.1, 0.15) is 18.7 Å². The van der Waals surface area contributed by atoms with E-state index in [1.165, 1.54) is 0 Å². The fraction of sp³-hybridized carbons (Fsp3) is 1.00. The average Bonchev–Trinajstić information content (AvgIpc) is 2.09. The molecule has 15 heavy (non-hydrogen) atoms. The Kier molecular flexibility index (Phi) is 7.85. The summed E-state index contributed by atoms with van der Waals surface area (Å²) in [4.78, 5) is 1.74. The third-order valence-corrected chi connectivity index (χ3v) is 1.96. The van der Waals surface area contributed by atoms with E-state index < -0.39 is 18.7 Å². The fourth-order valence-electron chi connectivity index (χ4n) is 1.06. The second-order valence-electron chi connectivity index (χ2n) is 3.61. The van der Waals surface area contributed by atoms with Gasteiger partial charge in [0, 0.05) is 13.1 Å². The van der Waals surface area contributed by atoms with Gasteiger partial charge >= 0.3 is 0 Å². The molecular weight excluding hydrogens is 198 g/mol. The van der Waals surface area contributed by atoms with Crippen molar-refractivity contribution in [3.05, 3.63) is 0 Å². The first-order valence-corrected chi connectivity index (χ1v) is 5.18. The van der Waals surface area contributed by atoms with Crippen LogP contribution in [0.3, 0.4) is 0 Å². The largest absolute Gasteiger partial charge is 0.379 e. The maximum absolute atomic E-state index is 9.40. The van der Waals surface area contributed by atoms with Gasteiger partial charge in [-0.05, 0) is 20.8 Å². The summed E-state index contributed by atoms with van der Waals surface area (Å²) in [6.07, 6.45) is -1.74. The van der Waals surface area contributed by atoms with Crippen LogP contribution in [0.15, 0.2) is 0 Å². The first-order chi connectivity index (χ1) is 6.93. The number of nitrogens with zero attached hydrogens (tertiary/aromatic N) is 1. The Morgan fingerprint density at radius 1 is 1.00 bits per heavy atom. The van der Waals surface area contributed by atoms with Crippen LogP contribution in [0.5, 0.6) is 0 Å². The summed E-state index contributed by atoms with van der Waals surface area (Å²) in [6.45, 7) is 6.48. The van der Waals surface area contributed by atoms with E-state index in [1.54, 1.807) is 25.7 Å². The average molecular weight is 221 g/mol. The molecule has 6 heteroatoms. The van der Waals surface area contributed by atoms with Gasteiger partial charge in [-0.1, -0.05) is 0 Å². The van der Waals surface area contributed by atoms with E-state index in [9.17, 15) is 5.11 Å². The predicted octanol–water partition coefficient (Wildman–Crippen LogP) is -1.56. The van der Waals surface area contributed by atoms with Crippen LogP contribution in [-0.2, 0) is 0 Å². The molecule has 92 valence electrons. The molecule has 5 N–H and O–H groups in total. The van der Waals surface area contributed by atoms with Gasteiger partial charge < -0.3 is 15.3 Å². The summed E-state index contributed by atoms with van der Waals surface area (Å²) in [5.74, 6) is 0. The zero-order chi connectivity index (χ0) is 11.8. The van der Waals surface area contributed by atoms with Gasteiger partial charge in [0.15, 0.2) is 0 Å². The van der Waals surface area contributed by atoms with E-state index in [4.69, 9.17) is 10.2 Å². The molecule has 0 fully saturated rings. The molecule has 0 rings (SSSR count). The van der Waals surface area contributed by atoms with Gasteiger partial charge in [-0.15, -0.1) is 0 Å². The van der Waals surface area contributed by atoms with Crippen LogP contribution in [0.4, 0.5) is 0 Å². The zero-order valence-electron chi connectivity index (χ0n) is 9.64. The first-order valence-electron chi connectivity index (χ1n) is 5.18. The van der Waals surface area contributed by atoms with Crippen LogP contribution in [0.25, 0.3) is 0 Å². The summed E-state index contributed by atoms with van der Waals surface area (Å²) < 4.78 is 0. The van der Waals surface area contributed by atoms with Crippen molar-refractivity contribution in [2.24, 2.45) is 0 Å². The van der Waals surface area contributed by atoms with Crippen molar-refractivity contribution >= 4 is 0 Å². The van der Waals surface area contributed by atoms with Gasteiger partial charge in [-0.25, -0.2) is 0 Å². The number of rotatable bonds is 8. The maximum atomic E-state index is 9.40. The Bertz CT molecular complexity index is 154. The molecule has 0 saturated carbocycles. The lowest BCUT2D eigenvalue weighted by atomic mass is 10.4. The van der Waals surface area contributed by atoms with E-state index >= 15 is 0 Å². The van der Waals surface area contributed by atoms with Crippen molar-refractivity contribution < 1.29 is 15.3 Å². The van der Waals surface area contributed by atoms with Gasteiger partial charge in [0.25, 0.3) is 0 Å². The van der Waals surface area contributed by atoms with Crippen molar-refractivity contribution in [1.29, 1.82) is 0 Å². The Morgan fingerprint density at radius 3 is 1.93 bits per heavy atom. The molecule has 0 amide bonds. The van der Waals surface area contributed by atoms with Crippen molar-refractivity contribution in [2.45, 2.75) is 39.5 Å². The molecule has 6 nitrogen and oxygen atoms in total. The highest BCUT2D eigenvalue weighted by Crippen LogP contribution is 1.92. The Morgan fingerprint density at radius 2 is 1.53 bits per heavy atom. The summed E-state index contributed by atoms with van der Waals surface area (Å²) in [6, 6.07) is 0. The molecule has 0 bridgehead atoms. The molecule has 0 aromatic heterocycles. The molecule has 0 spiro atoms. The number of aliphatic hydroxyl groups is 3.